The van der Waals surface area contributed by atoms with Crippen LogP contribution in [0, 0.1) is 20.8 Å². The molecule has 4 aromatic rings. The maximum atomic E-state index is 3.79. The first kappa shape index (κ1) is 25.1. The van der Waals surface area contributed by atoms with Crippen molar-refractivity contribution >= 4 is 28.4 Å². The van der Waals surface area contributed by atoms with Gasteiger partial charge in [0.05, 0.1) is 0 Å². The van der Waals surface area contributed by atoms with Gasteiger partial charge in [0.2, 0.25) is 0 Å². The molecule has 2 heteroatoms. The van der Waals surface area contributed by atoms with E-state index in [0.29, 0.717) is 0 Å². The van der Waals surface area contributed by atoms with Crippen molar-refractivity contribution in [2.24, 2.45) is 0 Å². The van der Waals surface area contributed by atoms with Crippen LogP contribution in [0.3, 0.4) is 0 Å². The van der Waals surface area contributed by atoms with Crippen LogP contribution in [0.15, 0.2) is 84.9 Å². The summed E-state index contributed by atoms with van der Waals surface area (Å²) in [6.07, 6.45) is 2.45. The molecular weight excluding hydrogens is 448 g/mol. The quantitative estimate of drug-likeness (QED) is 0.300. The lowest BCUT2D eigenvalue weighted by molar-refractivity contribution is 0.332. The summed E-state index contributed by atoms with van der Waals surface area (Å²) < 4.78 is 0. The first-order valence-corrected chi connectivity index (χ1v) is 13.5. The molecule has 0 unspecified atom stereocenters. The van der Waals surface area contributed by atoms with Crippen molar-refractivity contribution < 1.29 is 0 Å². The number of benzene rings is 4. The number of aryl methyl sites for hydroxylation is 3. The number of hydrogen-bond acceptors (Lipinski definition) is 2. The monoisotopic (exact) mass is 488 g/mol. The first-order chi connectivity index (χ1) is 17.6. The van der Waals surface area contributed by atoms with Crippen LogP contribution < -0.4 is 10.2 Å². The SMILES string of the molecule is Cc1cc2c(cc1Nc1cccc(N(c3ccccc3C)c3ccccc3C)c1)C(C)(C)CCC2(C)C. The van der Waals surface area contributed by atoms with E-state index in [1.54, 1.807) is 0 Å². The molecule has 0 fully saturated rings. The summed E-state index contributed by atoms with van der Waals surface area (Å²) >= 11 is 0. The van der Waals surface area contributed by atoms with E-state index in [1.165, 1.54) is 57.7 Å². The molecule has 1 aliphatic carbocycles. The van der Waals surface area contributed by atoms with Gasteiger partial charge in [0.25, 0.3) is 0 Å². The molecular formula is C35H40N2. The predicted molar refractivity (Wildman–Crippen MR) is 160 cm³/mol. The molecule has 37 heavy (non-hydrogen) atoms. The molecule has 4 aromatic carbocycles. The zero-order valence-electron chi connectivity index (χ0n) is 23.4. The molecule has 0 bridgehead atoms. The van der Waals surface area contributed by atoms with Crippen LogP contribution in [-0.4, -0.2) is 0 Å². The number of hydrogen-bond donors (Lipinski definition) is 1. The molecule has 0 saturated heterocycles. The van der Waals surface area contributed by atoms with E-state index >= 15 is 0 Å². The second-order valence-corrected chi connectivity index (χ2v) is 12.1. The Labute approximate surface area is 223 Å². The standard InChI is InChI=1S/C35H40N2/c1-24-13-8-10-17-32(24)37(33-18-11-9-14-25(33)2)28-16-12-15-27(22-28)36-31-23-30-29(21-26(31)3)34(4,5)19-20-35(30,6)7/h8-18,21-23,36H,19-20H2,1-7H3. The van der Waals surface area contributed by atoms with Gasteiger partial charge >= 0.3 is 0 Å². The van der Waals surface area contributed by atoms with Crippen LogP contribution in [0.25, 0.3) is 0 Å². The summed E-state index contributed by atoms with van der Waals surface area (Å²) in [5.41, 5.74) is 13.0. The molecule has 0 aromatic heterocycles. The minimum Gasteiger partial charge on any atom is -0.355 e. The zero-order valence-corrected chi connectivity index (χ0v) is 23.4. The topological polar surface area (TPSA) is 15.3 Å². The Morgan fingerprint density at radius 2 is 1.14 bits per heavy atom. The Hall–Kier alpha value is -3.52. The summed E-state index contributed by atoms with van der Waals surface area (Å²) in [5.74, 6) is 0. The first-order valence-electron chi connectivity index (χ1n) is 13.5. The third kappa shape index (κ3) is 4.78. The van der Waals surface area contributed by atoms with Gasteiger partial charge in [-0.25, -0.2) is 0 Å². The molecule has 0 amide bonds. The normalized spacial score (nSPS) is 15.6. The molecule has 0 heterocycles. The lowest BCUT2D eigenvalue weighted by atomic mass is 9.63. The van der Waals surface area contributed by atoms with E-state index in [4.69, 9.17) is 0 Å². The number of fused-ring (bicyclic) bond motifs is 1. The van der Waals surface area contributed by atoms with E-state index in [2.05, 4.69) is 144 Å². The van der Waals surface area contributed by atoms with Gasteiger partial charge in [-0.1, -0.05) is 76.2 Å². The summed E-state index contributed by atoms with van der Waals surface area (Å²) in [4.78, 5) is 2.38. The number of anilines is 5. The fraction of sp³-hybridized carbons (Fsp3) is 0.314. The van der Waals surface area contributed by atoms with E-state index in [1.807, 2.05) is 0 Å². The van der Waals surface area contributed by atoms with Gasteiger partial charge in [0.15, 0.2) is 0 Å². The Bertz CT molecular complexity index is 1400. The second-order valence-electron chi connectivity index (χ2n) is 12.1. The van der Waals surface area contributed by atoms with Crippen molar-refractivity contribution in [2.75, 3.05) is 10.2 Å². The van der Waals surface area contributed by atoms with E-state index in [-0.39, 0.29) is 10.8 Å². The van der Waals surface area contributed by atoms with Crippen LogP contribution in [0.2, 0.25) is 0 Å². The third-order valence-corrected chi connectivity index (χ3v) is 8.29. The lowest BCUT2D eigenvalue weighted by Crippen LogP contribution is -2.34. The van der Waals surface area contributed by atoms with Crippen molar-refractivity contribution in [3.05, 3.63) is 113 Å². The summed E-state index contributed by atoms with van der Waals surface area (Å²) in [6, 6.07) is 30.9. The minimum atomic E-state index is 0.184. The van der Waals surface area contributed by atoms with E-state index in [9.17, 15) is 0 Å². The largest absolute Gasteiger partial charge is 0.355 e. The second kappa shape index (κ2) is 9.41. The highest BCUT2D eigenvalue weighted by molar-refractivity contribution is 5.82. The Balaban J connectivity index is 1.57. The van der Waals surface area contributed by atoms with Gasteiger partial charge in [-0.15, -0.1) is 0 Å². The maximum Gasteiger partial charge on any atom is 0.0490 e. The van der Waals surface area contributed by atoms with Crippen LogP contribution in [0.1, 0.15) is 68.4 Å². The Kier molecular flexibility index (Phi) is 6.40. The fourth-order valence-corrected chi connectivity index (χ4v) is 5.77. The van der Waals surface area contributed by atoms with Crippen molar-refractivity contribution in [1.82, 2.24) is 0 Å². The highest BCUT2D eigenvalue weighted by Crippen LogP contribution is 2.47. The van der Waals surface area contributed by atoms with Gasteiger partial charge < -0.3 is 10.2 Å². The molecule has 0 saturated carbocycles. The highest BCUT2D eigenvalue weighted by Gasteiger charge is 2.37. The van der Waals surface area contributed by atoms with Crippen molar-refractivity contribution in [3.63, 3.8) is 0 Å². The molecule has 2 nitrogen and oxygen atoms in total. The number of para-hydroxylation sites is 2. The minimum absolute atomic E-state index is 0.184. The average molecular weight is 489 g/mol. The highest BCUT2D eigenvalue weighted by atomic mass is 15.1. The summed E-state index contributed by atoms with van der Waals surface area (Å²) in [7, 11) is 0. The van der Waals surface area contributed by atoms with Gasteiger partial charge in [-0.2, -0.15) is 0 Å². The number of nitrogens with zero attached hydrogens (tertiary/aromatic N) is 1. The van der Waals surface area contributed by atoms with Crippen LogP contribution in [0.4, 0.5) is 28.4 Å². The zero-order chi connectivity index (χ0) is 26.4. The predicted octanol–water partition coefficient (Wildman–Crippen LogP) is 10.2. The van der Waals surface area contributed by atoms with Gasteiger partial charge in [-0.05, 0) is 109 Å². The van der Waals surface area contributed by atoms with E-state index in [0.717, 1.165) is 11.4 Å². The van der Waals surface area contributed by atoms with Gasteiger partial charge in [-0.3, -0.25) is 0 Å². The molecule has 0 spiro atoms. The van der Waals surface area contributed by atoms with Crippen molar-refractivity contribution in [1.29, 1.82) is 0 Å². The number of rotatable bonds is 5. The van der Waals surface area contributed by atoms with Crippen molar-refractivity contribution in [2.45, 2.75) is 72.1 Å². The average Bonchev–Trinajstić information content (AvgIpc) is 2.86. The Morgan fingerprint density at radius 3 is 1.70 bits per heavy atom. The molecule has 0 atom stereocenters. The fourth-order valence-electron chi connectivity index (χ4n) is 5.77. The molecule has 190 valence electrons. The summed E-state index contributed by atoms with van der Waals surface area (Å²) in [6.45, 7) is 16.2. The third-order valence-electron chi connectivity index (χ3n) is 8.29. The van der Waals surface area contributed by atoms with E-state index < -0.39 is 0 Å². The molecule has 5 rings (SSSR count). The van der Waals surface area contributed by atoms with Gasteiger partial charge in [0, 0.05) is 28.4 Å². The Morgan fingerprint density at radius 1 is 0.595 bits per heavy atom. The van der Waals surface area contributed by atoms with Crippen LogP contribution >= 0.6 is 0 Å². The lowest BCUT2D eigenvalue weighted by Gasteiger charge is -2.42. The maximum absolute atomic E-state index is 3.79. The number of nitrogens with one attached hydrogen (secondary N) is 1. The molecule has 0 aliphatic heterocycles. The van der Waals surface area contributed by atoms with Crippen molar-refractivity contribution in [3.8, 4) is 0 Å². The van der Waals surface area contributed by atoms with Gasteiger partial charge in [0.1, 0.15) is 0 Å². The van der Waals surface area contributed by atoms with Crippen LogP contribution in [0.5, 0.6) is 0 Å². The molecule has 1 N–H and O–H groups in total. The smallest absolute Gasteiger partial charge is 0.0490 e. The molecule has 1 aliphatic rings. The molecule has 0 radical (unpaired) electrons. The van der Waals surface area contributed by atoms with Crippen LogP contribution in [-0.2, 0) is 10.8 Å². The summed E-state index contributed by atoms with van der Waals surface area (Å²) in [5, 5.41) is 3.79.